The number of rotatable bonds is 2. The summed E-state index contributed by atoms with van der Waals surface area (Å²) in [5.41, 5.74) is 6.88. The van der Waals surface area contributed by atoms with Gasteiger partial charge in [0, 0.05) is 24.7 Å². The minimum Gasteiger partial charge on any atom is -0.327 e. The summed E-state index contributed by atoms with van der Waals surface area (Å²) < 4.78 is 13.7. The zero-order valence-electron chi connectivity index (χ0n) is 9.69. The van der Waals surface area contributed by atoms with Crippen molar-refractivity contribution in [1.29, 1.82) is 5.26 Å². The molecule has 4 heteroatoms. The Morgan fingerprint density at radius 1 is 1.53 bits per heavy atom. The van der Waals surface area contributed by atoms with Gasteiger partial charge in [-0.15, -0.1) is 0 Å². The molecule has 17 heavy (non-hydrogen) atoms. The molecule has 0 aromatic heterocycles. The zero-order valence-corrected chi connectivity index (χ0v) is 9.69. The maximum absolute atomic E-state index is 13.7. The fraction of sp³-hybridized carbons (Fsp3) is 0.462. The second kappa shape index (κ2) is 5.26. The monoisotopic (exact) mass is 233 g/mol. The lowest BCUT2D eigenvalue weighted by molar-refractivity contribution is 0.199. The molecule has 3 nitrogen and oxygen atoms in total. The third kappa shape index (κ3) is 3.02. The summed E-state index contributed by atoms with van der Waals surface area (Å²) in [5, 5.41) is 8.67. The summed E-state index contributed by atoms with van der Waals surface area (Å²) in [6, 6.07) is 6.77. The Morgan fingerprint density at radius 2 is 2.35 bits per heavy atom. The van der Waals surface area contributed by atoms with Gasteiger partial charge in [0.25, 0.3) is 0 Å². The van der Waals surface area contributed by atoms with Crippen molar-refractivity contribution in [3.05, 3.63) is 35.1 Å². The quantitative estimate of drug-likeness (QED) is 0.844. The van der Waals surface area contributed by atoms with Crippen LogP contribution in [0.1, 0.15) is 24.0 Å². The molecule has 1 aromatic rings. The minimum absolute atomic E-state index is 0.199. The SMILES string of the molecule is N#Cc1ccc(CN2CCCC(N)C2)c(F)c1. The maximum Gasteiger partial charge on any atom is 0.129 e. The number of hydrogen-bond donors (Lipinski definition) is 1. The molecule has 0 amide bonds. The molecule has 1 unspecified atom stereocenters. The third-order valence-electron chi connectivity index (χ3n) is 3.12. The fourth-order valence-electron chi connectivity index (χ4n) is 2.22. The highest BCUT2D eigenvalue weighted by atomic mass is 19.1. The average Bonchev–Trinajstić information content (AvgIpc) is 2.32. The first-order valence-corrected chi connectivity index (χ1v) is 5.85. The number of nitriles is 1. The van der Waals surface area contributed by atoms with Gasteiger partial charge >= 0.3 is 0 Å². The van der Waals surface area contributed by atoms with Gasteiger partial charge in [-0.05, 0) is 31.5 Å². The molecule has 1 fully saturated rings. The molecular weight excluding hydrogens is 217 g/mol. The van der Waals surface area contributed by atoms with E-state index in [4.69, 9.17) is 11.0 Å². The normalized spacial score (nSPS) is 21.1. The second-order valence-corrected chi connectivity index (χ2v) is 4.56. The molecule has 1 atom stereocenters. The molecule has 2 N–H and O–H groups in total. The summed E-state index contributed by atoms with van der Waals surface area (Å²) in [7, 11) is 0. The molecule has 1 aromatic carbocycles. The lowest BCUT2D eigenvalue weighted by Crippen LogP contribution is -2.42. The summed E-state index contributed by atoms with van der Waals surface area (Å²) in [5.74, 6) is -0.303. The molecule has 0 bridgehead atoms. The van der Waals surface area contributed by atoms with E-state index in [1.54, 1.807) is 12.1 Å². The van der Waals surface area contributed by atoms with Gasteiger partial charge < -0.3 is 5.73 Å². The van der Waals surface area contributed by atoms with Crippen LogP contribution in [0.4, 0.5) is 4.39 Å². The van der Waals surface area contributed by atoms with Crippen LogP contribution in [0.2, 0.25) is 0 Å². The van der Waals surface area contributed by atoms with Crippen molar-refractivity contribution in [1.82, 2.24) is 4.90 Å². The topological polar surface area (TPSA) is 53.0 Å². The van der Waals surface area contributed by atoms with Crippen LogP contribution in [0.5, 0.6) is 0 Å². The molecule has 1 saturated heterocycles. The molecular formula is C13H16FN3. The first-order valence-electron chi connectivity index (χ1n) is 5.85. The molecule has 2 rings (SSSR count). The van der Waals surface area contributed by atoms with Crippen LogP contribution in [0.15, 0.2) is 18.2 Å². The standard InChI is InChI=1S/C13H16FN3/c14-13-6-10(7-15)3-4-11(13)8-17-5-1-2-12(16)9-17/h3-4,6,12H,1-2,5,8-9,16H2. The number of hydrogen-bond acceptors (Lipinski definition) is 3. The van der Waals surface area contributed by atoms with Gasteiger partial charge in [-0.3, -0.25) is 4.90 Å². The molecule has 90 valence electrons. The van der Waals surface area contributed by atoms with E-state index in [2.05, 4.69) is 4.90 Å². The Labute approximate surface area is 101 Å². The first-order chi connectivity index (χ1) is 8.19. The number of likely N-dealkylation sites (tertiary alicyclic amines) is 1. The first kappa shape index (κ1) is 12.0. The lowest BCUT2D eigenvalue weighted by atomic mass is 10.1. The Hall–Kier alpha value is -1.44. The van der Waals surface area contributed by atoms with E-state index in [0.717, 1.165) is 25.9 Å². The van der Waals surface area contributed by atoms with Gasteiger partial charge in [-0.2, -0.15) is 5.26 Å². The van der Waals surface area contributed by atoms with E-state index in [-0.39, 0.29) is 11.9 Å². The zero-order chi connectivity index (χ0) is 12.3. The number of nitrogens with two attached hydrogens (primary N) is 1. The number of piperidine rings is 1. The molecule has 1 heterocycles. The van der Waals surface area contributed by atoms with Crippen molar-refractivity contribution in [2.24, 2.45) is 5.73 Å². The van der Waals surface area contributed by atoms with E-state index >= 15 is 0 Å². The van der Waals surface area contributed by atoms with Crippen LogP contribution in [0, 0.1) is 17.1 Å². The third-order valence-corrected chi connectivity index (χ3v) is 3.12. The smallest absolute Gasteiger partial charge is 0.129 e. The number of nitrogens with zero attached hydrogens (tertiary/aromatic N) is 2. The van der Waals surface area contributed by atoms with E-state index in [1.807, 2.05) is 6.07 Å². The average molecular weight is 233 g/mol. The van der Waals surface area contributed by atoms with E-state index in [0.29, 0.717) is 17.7 Å². The van der Waals surface area contributed by atoms with Gasteiger partial charge in [-0.25, -0.2) is 4.39 Å². The van der Waals surface area contributed by atoms with Crippen molar-refractivity contribution in [3.8, 4) is 6.07 Å². The van der Waals surface area contributed by atoms with Crippen LogP contribution in [-0.2, 0) is 6.54 Å². The van der Waals surface area contributed by atoms with Crippen LogP contribution in [0.25, 0.3) is 0 Å². The van der Waals surface area contributed by atoms with E-state index < -0.39 is 0 Å². The van der Waals surface area contributed by atoms with Crippen LogP contribution >= 0.6 is 0 Å². The Kier molecular flexibility index (Phi) is 3.72. The minimum atomic E-state index is -0.303. The highest BCUT2D eigenvalue weighted by Gasteiger charge is 2.17. The van der Waals surface area contributed by atoms with Crippen LogP contribution in [-0.4, -0.2) is 24.0 Å². The maximum atomic E-state index is 13.7. The van der Waals surface area contributed by atoms with Crippen molar-refractivity contribution < 1.29 is 4.39 Å². The summed E-state index contributed by atoms with van der Waals surface area (Å²) in [4.78, 5) is 2.17. The highest BCUT2D eigenvalue weighted by molar-refractivity contribution is 5.32. The largest absolute Gasteiger partial charge is 0.327 e. The van der Waals surface area contributed by atoms with Gasteiger partial charge in [0.05, 0.1) is 11.6 Å². The predicted molar refractivity (Wildman–Crippen MR) is 63.6 cm³/mol. The predicted octanol–water partition coefficient (Wildman–Crippen LogP) is 1.62. The van der Waals surface area contributed by atoms with Gasteiger partial charge in [0.1, 0.15) is 5.82 Å². The fourth-order valence-corrected chi connectivity index (χ4v) is 2.22. The second-order valence-electron chi connectivity index (χ2n) is 4.56. The van der Waals surface area contributed by atoms with Gasteiger partial charge in [0.2, 0.25) is 0 Å². The molecule has 0 saturated carbocycles. The highest BCUT2D eigenvalue weighted by Crippen LogP contribution is 2.16. The Balaban J connectivity index is 2.06. The molecule has 0 radical (unpaired) electrons. The van der Waals surface area contributed by atoms with Gasteiger partial charge in [0.15, 0.2) is 0 Å². The Morgan fingerprint density at radius 3 is 3.00 bits per heavy atom. The van der Waals surface area contributed by atoms with Crippen molar-refractivity contribution >= 4 is 0 Å². The Bertz CT molecular complexity index is 439. The van der Waals surface area contributed by atoms with Crippen molar-refractivity contribution in [3.63, 3.8) is 0 Å². The van der Waals surface area contributed by atoms with Crippen molar-refractivity contribution in [2.75, 3.05) is 13.1 Å². The summed E-state index contributed by atoms with van der Waals surface area (Å²) in [6.45, 7) is 2.36. The van der Waals surface area contributed by atoms with E-state index in [9.17, 15) is 4.39 Å². The summed E-state index contributed by atoms with van der Waals surface area (Å²) in [6.07, 6.45) is 2.12. The lowest BCUT2D eigenvalue weighted by Gasteiger charge is -2.30. The molecule has 1 aliphatic rings. The van der Waals surface area contributed by atoms with Crippen molar-refractivity contribution in [2.45, 2.75) is 25.4 Å². The number of halogens is 1. The molecule has 1 aliphatic heterocycles. The van der Waals surface area contributed by atoms with Crippen LogP contribution < -0.4 is 5.73 Å². The molecule has 0 aliphatic carbocycles. The number of benzene rings is 1. The molecule has 0 spiro atoms. The van der Waals surface area contributed by atoms with E-state index in [1.165, 1.54) is 6.07 Å². The van der Waals surface area contributed by atoms with Gasteiger partial charge in [-0.1, -0.05) is 6.07 Å². The van der Waals surface area contributed by atoms with Crippen LogP contribution in [0.3, 0.4) is 0 Å². The summed E-state index contributed by atoms with van der Waals surface area (Å²) >= 11 is 0.